The second kappa shape index (κ2) is 3.61. The molecule has 1 saturated carbocycles. The second-order valence-corrected chi connectivity index (χ2v) is 5.90. The van der Waals surface area contributed by atoms with Gasteiger partial charge in [0.05, 0.1) is 0 Å². The fourth-order valence-electron chi connectivity index (χ4n) is 3.11. The van der Waals surface area contributed by atoms with Gasteiger partial charge in [-0.25, -0.2) is 0 Å². The normalized spacial score (nSPS) is 39.0. The smallest absolute Gasteiger partial charge is 0.00743 e. The van der Waals surface area contributed by atoms with Crippen LogP contribution in [0.1, 0.15) is 53.4 Å². The average Bonchev–Trinajstić information content (AvgIpc) is 2.01. The molecule has 2 unspecified atom stereocenters. The molecule has 1 aliphatic carbocycles. The molecule has 13 heavy (non-hydrogen) atoms. The predicted molar refractivity (Wildman–Crippen MR) is 58.9 cm³/mol. The molecule has 0 radical (unpaired) electrons. The van der Waals surface area contributed by atoms with Gasteiger partial charge in [0.1, 0.15) is 0 Å². The molecule has 1 fully saturated rings. The molecule has 1 nitrogen and oxygen atoms in total. The van der Waals surface area contributed by atoms with Crippen molar-refractivity contribution in [2.45, 2.75) is 59.4 Å². The van der Waals surface area contributed by atoms with Gasteiger partial charge in [-0.05, 0) is 37.1 Å². The van der Waals surface area contributed by atoms with Gasteiger partial charge in [-0.15, -0.1) is 0 Å². The largest absolute Gasteiger partial charge is 0.317 e. The molecular weight excluding hydrogens is 158 g/mol. The minimum absolute atomic E-state index is 0.524. The molecule has 0 aromatic carbocycles. The highest BCUT2D eigenvalue weighted by molar-refractivity contribution is 4.93. The molecule has 0 bridgehead atoms. The van der Waals surface area contributed by atoms with E-state index in [1.54, 1.807) is 0 Å². The number of hydrogen-bond acceptors (Lipinski definition) is 1. The van der Waals surface area contributed by atoms with Crippen molar-refractivity contribution < 1.29 is 0 Å². The van der Waals surface area contributed by atoms with Gasteiger partial charge in [-0.3, -0.25) is 0 Å². The summed E-state index contributed by atoms with van der Waals surface area (Å²) in [5.41, 5.74) is 1.09. The summed E-state index contributed by atoms with van der Waals surface area (Å²) in [6.45, 7) is 9.58. The van der Waals surface area contributed by atoms with E-state index in [1.807, 2.05) is 0 Å². The van der Waals surface area contributed by atoms with Crippen molar-refractivity contribution in [2.24, 2.45) is 10.8 Å². The minimum Gasteiger partial charge on any atom is -0.317 e. The fourth-order valence-corrected chi connectivity index (χ4v) is 3.11. The summed E-state index contributed by atoms with van der Waals surface area (Å²) in [6, 6.07) is 0.730. The third kappa shape index (κ3) is 2.70. The number of nitrogens with one attached hydrogen (secondary N) is 1. The van der Waals surface area contributed by atoms with Crippen LogP contribution in [-0.2, 0) is 0 Å². The zero-order valence-electron chi connectivity index (χ0n) is 9.91. The lowest BCUT2D eigenvalue weighted by Gasteiger charge is -2.46. The summed E-state index contributed by atoms with van der Waals surface area (Å²) in [4.78, 5) is 0. The first-order valence-electron chi connectivity index (χ1n) is 5.58. The zero-order valence-corrected chi connectivity index (χ0v) is 9.91. The van der Waals surface area contributed by atoms with Crippen molar-refractivity contribution in [2.75, 3.05) is 7.05 Å². The van der Waals surface area contributed by atoms with Gasteiger partial charge in [0.15, 0.2) is 0 Å². The van der Waals surface area contributed by atoms with Gasteiger partial charge in [-0.1, -0.05) is 34.1 Å². The molecular formula is C12H25N. The lowest BCUT2D eigenvalue weighted by Crippen LogP contribution is -2.43. The van der Waals surface area contributed by atoms with E-state index in [4.69, 9.17) is 0 Å². The Hall–Kier alpha value is -0.0400. The molecule has 1 N–H and O–H groups in total. The van der Waals surface area contributed by atoms with E-state index in [-0.39, 0.29) is 0 Å². The first kappa shape index (κ1) is 11.0. The zero-order chi connectivity index (χ0) is 10.1. The number of hydrogen-bond donors (Lipinski definition) is 1. The van der Waals surface area contributed by atoms with Crippen molar-refractivity contribution in [3.8, 4) is 0 Å². The molecule has 0 aliphatic heterocycles. The Labute approximate surface area is 83.3 Å². The van der Waals surface area contributed by atoms with Crippen molar-refractivity contribution >= 4 is 0 Å². The first-order chi connectivity index (χ1) is 5.91. The van der Waals surface area contributed by atoms with E-state index >= 15 is 0 Å². The van der Waals surface area contributed by atoms with Crippen LogP contribution >= 0.6 is 0 Å². The van der Waals surface area contributed by atoms with E-state index in [1.165, 1.54) is 25.7 Å². The van der Waals surface area contributed by atoms with E-state index in [0.29, 0.717) is 10.8 Å². The van der Waals surface area contributed by atoms with Crippen LogP contribution in [0, 0.1) is 10.8 Å². The molecule has 0 spiro atoms. The Morgan fingerprint density at radius 3 is 2.31 bits per heavy atom. The lowest BCUT2D eigenvalue weighted by atomic mass is 9.62. The van der Waals surface area contributed by atoms with Crippen LogP contribution in [0.5, 0.6) is 0 Å². The molecule has 0 heterocycles. The van der Waals surface area contributed by atoms with Crippen LogP contribution < -0.4 is 5.32 Å². The third-order valence-corrected chi connectivity index (χ3v) is 3.71. The highest BCUT2D eigenvalue weighted by atomic mass is 14.9. The van der Waals surface area contributed by atoms with E-state index in [9.17, 15) is 0 Å². The molecule has 0 aromatic rings. The molecule has 2 atom stereocenters. The Balaban J connectivity index is 2.71. The molecule has 1 aliphatic rings. The standard InChI is InChI=1S/C12H25N/c1-6-12(4)8-10(13-5)7-11(2,3)9-12/h10,13H,6-9H2,1-5H3. The van der Waals surface area contributed by atoms with Crippen LogP contribution in [0.3, 0.4) is 0 Å². The SMILES string of the molecule is CCC1(C)CC(NC)CC(C)(C)C1. The first-order valence-corrected chi connectivity index (χ1v) is 5.58. The van der Waals surface area contributed by atoms with Crippen molar-refractivity contribution in [3.63, 3.8) is 0 Å². The maximum Gasteiger partial charge on any atom is 0.00743 e. The molecule has 0 saturated heterocycles. The molecule has 1 heteroatoms. The highest BCUT2D eigenvalue weighted by Crippen LogP contribution is 2.47. The average molecular weight is 183 g/mol. The van der Waals surface area contributed by atoms with Gasteiger partial charge >= 0.3 is 0 Å². The monoisotopic (exact) mass is 183 g/mol. The summed E-state index contributed by atoms with van der Waals surface area (Å²) in [5, 5.41) is 3.45. The van der Waals surface area contributed by atoms with Gasteiger partial charge in [0.2, 0.25) is 0 Å². The van der Waals surface area contributed by atoms with Crippen LogP contribution in [0.2, 0.25) is 0 Å². The molecule has 78 valence electrons. The molecule has 0 aromatic heterocycles. The summed E-state index contributed by atoms with van der Waals surface area (Å²) in [6.07, 6.45) is 5.38. The maximum atomic E-state index is 3.45. The quantitative estimate of drug-likeness (QED) is 0.693. The van der Waals surface area contributed by atoms with Gasteiger partial charge in [-0.2, -0.15) is 0 Å². The molecule has 0 amide bonds. The summed E-state index contributed by atoms with van der Waals surface area (Å²) >= 11 is 0. The Morgan fingerprint density at radius 1 is 1.23 bits per heavy atom. The third-order valence-electron chi connectivity index (χ3n) is 3.71. The Bertz CT molecular complexity index is 174. The topological polar surface area (TPSA) is 12.0 Å². The van der Waals surface area contributed by atoms with E-state index in [2.05, 4.69) is 40.1 Å². The van der Waals surface area contributed by atoms with E-state index in [0.717, 1.165) is 6.04 Å². The van der Waals surface area contributed by atoms with Crippen LogP contribution in [0.25, 0.3) is 0 Å². The lowest BCUT2D eigenvalue weighted by molar-refractivity contribution is 0.0704. The van der Waals surface area contributed by atoms with Crippen molar-refractivity contribution in [3.05, 3.63) is 0 Å². The summed E-state index contributed by atoms with van der Waals surface area (Å²) in [5.74, 6) is 0. The van der Waals surface area contributed by atoms with Gasteiger partial charge in [0, 0.05) is 6.04 Å². The van der Waals surface area contributed by atoms with Crippen LogP contribution in [0.15, 0.2) is 0 Å². The highest BCUT2D eigenvalue weighted by Gasteiger charge is 2.39. The molecule has 1 rings (SSSR count). The van der Waals surface area contributed by atoms with Crippen molar-refractivity contribution in [1.82, 2.24) is 5.32 Å². The second-order valence-electron chi connectivity index (χ2n) is 5.90. The van der Waals surface area contributed by atoms with Crippen LogP contribution in [-0.4, -0.2) is 13.1 Å². The van der Waals surface area contributed by atoms with Crippen LogP contribution in [0.4, 0.5) is 0 Å². The van der Waals surface area contributed by atoms with Crippen molar-refractivity contribution in [1.29, 1.82) is 0 Å². The summed E-state index contributed by atoms with van der Waals surface area (Å²) in [7, 11) is 2.10. The maximum absolute atomic E-state index is 3.45. The Morgan fingerprint density at radius 2 is 1.85 bits per heavy atom. The number of rotatable bonds is 2. The predicted octanol–water partition coefficient (Wildman–Crippen LogP) is 3.20. The minimum atomic E-state index is 0.524. The Kier molecular flexibility index (Phi) is 3.06. The fraction of sp³-hybridized carbons (Fsp3) is 1.00. The van der Waals surface area contributed by atoms with Gasteiger partial charge < -0.3 is 5.32 Å². The van der Waals surface area contributed by atoms with Gasteiger partial charge in [0.25, 0.3) is 0 Å². The summed E-state index contributed by atoms with van der Waals surface area (Å²) < 4.78 is 0. The van der Waals surface area contributed by atoms with E-state index < -0.39 is 0 Å².